The third-order valence-corrected chi connectivity index (χ3v) is 15.0. The molecular weight excluding hydrogens is 815 g/mol. The first kappa shape index (κ1) is 36.9. The summed E-state index contributed by atoms with van der Waals surface area (Å²) in [6.45, 7) is 0. The lowest BCUT2D eigenvalue weighted by atomic mass is 9.94. The Kier molecular flexibility index (Phi) is 8.61. The molecule has 0 aliphatic carbocycles. The van der Waals surface area contributed by atoms with E-state index in [2.05, 4.69) is 229 Å². The van der Waals surface area contributed by atoms with Crippen LogP contribution in [-0.2, 0) is 0 Å². The van der Waals surface area contributed by atoms with E-state index in [0.717, 1.165) is 61.3 Å². The van der Waals surface area contributed by atoms with Gasteiger partial charge in [-0.3, -0.25) is 0 Å². The molecule has 0 radical (unpaired) electrons. The number of benzene rings is 10. The van der Waals surface area contributed by atoms with E-state index in [-0.39, 0.29) is 0 Å². The summed E-state index contributed by atoms with van der Waals surface area (Å²) in [4.78, 5) is 2.49. The van der Waals surface area contributed by atoms with Crippen molar-refractivity contribution in [2.75, 3.05) is 4.90 Å². The third kappa shape index (κ3) is 5.99. The minimum Gasteiger partial charge on any atom is -0.455 e. The van der Waals surface area contributed by atoms with Crippen LogP contribution in [0.4, 0.5) is 17.1 Å². The van der Waals surface area contributed by atoms with Gasteiger partial charge in [-0.25, -0.2) is 0 Å². The maximum atomic E-state index is 6.95. The normalized spacial score (nSPS) is 11.8. The average Bonchev–Trinajstić information content (AvgIpc) is 4.06. The van der Waals surface area contributed by atoms with Gasteiger partial charge in [-0.1, -0.05) is 170 Å². The molecule has 13 rings (SSSR count). The van der Waals surface area contributed by atoms with E-state index in [9.17, 15) is 0 Å². The zero-order valence-electron chi connectivity index (χ0n) is 34.5. The van der Waals surface area contributed by atoms with Gasteiger partial charge < -0.3 is 9.32 Å². The lowest BCUT2D eigenvalue weighted by Gasteiger charge is -2.27. The Morgan fingerprint density at radius 2 is 0.891 bits per heavy atom. The fourth-order valence-electron chi connectivity index (χ4n) is 9.70. The molecule has 0 saturated heterocycles. The van der Waals surface area contributed by atoms with Crippen molar-refractivity contribution < 1.29 is 4.42 Å². The summed E-state index contributed by atoms with van der Waals surface area (Å²) in [7, 11) is 0. The molecule has 3 aromatic heterocycles. The minimum atomic E-state index is 0.859. The molecule has 4 heteroatoms. The average molecular weight is 852 g/mol. The SMILES string of the molecule is c1ccc(-c2ccc3c(c2)sc2c(-c4ccccc4)ccc(N(c4ccc5c(c4)sc4ccccc45)c4ccc5oc6c(-c7ccccc7)ccc(-c7ccccc7)c6c5c4)c23)cc1. The van der Waals surface area contributed by atoms with E-state index < -0.39 is 0 Å². The quantitative estimate of drug-likeness (QED) is 0.159. The van der Waals surface area contributed by atoms with E-state index in [4.69, 9.17) is 4.42 Å². The van der Waals surface area contributed by atoms with Crippen molar-refractivity contribution >= 4 is 102 Å². The number of anilines is 3. The summed E-state index contributed by atoms with van der Waals surface area (Å²) in [6, 6.07) is 81.5. The summed E-state index contributed by atoms with van der Waals surface area (Å²) in [6.07, 6.45) is 0. The molecule has 3 heterocycles. The van der Waals surface area contributed by atoms with E-state index in [1.807, 2.05) is 22.7 Å². The highest BCUT2D eigenvalue weighted by Gasteiger charge is 2.24. The number of fused-ring (bicyclic) bond motifs is 9. The molecule has 13 aromatic rings. The lowest BCUT2D eigenvalue weighted by molar-refractivity contribution is 0.670. The summed E-state index contributed by atoms with van der Waals surface area (Å²) < 4.78 is 12.0. The second kappa shape index (κ2) is 15.0. The Balaban J connectivity index is 1.11. The number of furan rings is 1. The number of nitrogens with zero attached hydrogens (tertiary/aromatic N) is 1. The summed E-state index contributed by atoms with van der Waals surface area (Å²) in [5.74, 6) is 0. The van der Waals surface area contributed by atoms with Crippen LogP contribution in [0.5, 0.6) is 0 Å². The maximum absolute atomic E-state index is 6.95. The second-order valence-electron chi connectivity index (χ2n) is 16.4. The van der Waals surface area contributed by atoms with Gasteiger partial charge in [0.15, 0.2) is 0 Å². The highest BCUT2D eigenvalue weighted by Crippen LogP contribution is 2.51. The largest absolute Gasteiger partial charge is 0.455 e. The smallest absolute Gasteiger partial charge is 0.143 e. The van der Waals surface area contributed by atoms with Crippen molar-refractivity contribution in [1.29, 1.82) is 0 Å². The standard InChI is InChI=1S/C60H37NOS2/c1-5-15-38(16-6-1)42-25-28-50-55(35-42)64-60-47(41-21-11-4-12-22-41)32-33-52(58(50)60)61(44-26-29-49-48-23-13-14-24-54(48)63-56(49)37-44)43-27-34-53-51(36-43)57-45(39-17-7-2-8-18-39)30-31-46(59(57)62-53)40-19-9-3-10-20-40/h1-37H. The van der Waals surface area contributed by atoms with Crippen LogP contribution in [0.2, 0.25) is 0 Å². The number of rotatable bonds is 7. The van der Waals surface area contributed by atoms with Crippen molar-refractivity contribution in [1.82, 2.24) is 0 Å². The number of thiophene rings is 2. The number of hydrogen-bond acceptors (Lipinski definition) is 4. The fraction of sp³-hybridized carbons (Fsp3) is 0. The van der Waals surface area contributed by atoms with Crippen molar-refractivity contribution in [3.05, 3.63) is 224 Å². The zero-order chi connectivity index (χ0) is 42.1. The Hall–Kier alpha value is -7.76. The maximum Gasteiger partial charge on any atom is 0.143 e. The topological polar surface area (TPSA) is 16.4 Å². The van der Waals surface area contributed by atoms with E-state index in [0.29, 0.717) is 0 Å². The van der Waals surface area contributed by atoms with Gasteiger partial charge in [-0.2, -0.15) is 0 Å². The van der Waals surface area contributed by atoms with Gasteiger partial charge >= 0.3 is 0 Å². The van der Waals surface area contributed by atoms with Gasteiger partial charge in [-0.05, 0) is 93.5 Å². The van der Waals surface area contributed by atoms with Gasteiger partial charge in [0.1, 0.15) is 11.2 Å². The summed E-state index contributed by atoms with van der Waals surface area (Å²) in [5.41, 5.74) is 14.5. The lowest BCUT2D eigenvalue weighted by Crippen LogP contribution is -2.10. The van der Waals surface area contributed by atoms with Gasteiger partial charge in [-0.15, -0.1) is 22.7 Å². The van der Waals surface area contributed by atoms with Crippen molar-refractivity contribution in [3.8, 4) is 44.5 Å². The van der Waals surface area contributed by atoms with E-state index >= 15 is 0 Å². The first-order valence-corrected chi connectivity index (χ1v) is 23.3. The van der Waals surface area contributed by atoms with Gasteiger partial charge in [0.25, 0.3) is 0 Å². The predicted octanol–water partition coefficient (Wildman–Crippen LogP) is 18.5. The van der Waals surface area contributed by atoms with Crippen molar-refractivity contribution in [2.24, 2.45) is 0 Å². The monoisotopic (exact) mass is 851 g/mol. The first-order valence-electron chi connectivity index (χ1n) is 21.7. The van der Waals surface area contributed by atoms with Crippen LogP contribution in [0.15, 0.2) is 229 Å². The molecular formula is C60H37NOS2. The summed E-state index contributed by atoms with van der Waals surface area (Å²) >= 11 is 3.74. The molecule has 10 aromatic carbocycles. The molecule has 0 fully saturated rings. The van der Waals surface area contributed by atoms with Crippen LogP contribution in [0.3, 0.4) is 0 Å². The molecule has 0 bridgehead atoms. The van der Waals surface area contributed by atoms with Crippen molar-refractivity contribution in [2.45, 2.75) is 0 Å². The minimum absolute atomic E-state index is 0.859. The molecule has 0 unspecified atom stereocenters. The number of hydrogen-bond donors (Lipinski definition) is 0. The third-order valence-electron chi connectivity index (χ3n) is 12.7. The van der Waals surface area contributed by atoms with Crippen LogP contribution in [0, 0.1) is 0 Å². The fourth-order valence-corrected chi connectivity index (χ4v) is 12.1. The molecule has 0 amide bonds. The van der Waals surface area contributed by atoms with Crippen LogP contribution in [0.1, 0.15) is 0 Å². The highest BCUT2D eigenvalue weighted by molar-refractivity contribution is 7.26. The molecule has 0 N–H and O–H groups in total. The molecule has 0 aliphatic rings. The van der Waals surface area contributed by atoms with Gasteiger partial charge in [0.05, 0.1) is 5.69 Å². The molecule has 300 valence electrons. The molecule has 64 heavy (non-hydrogen) atoms. The van der Waals surface area contributed by atoms with Gasteiger partial charge in [0, 0.05) is 68.1 Å². The predicted molar refractivity (Wildman–Crippen MR) is 276 cm³/mol. The Morgan fingerprint density at radius 1 is 0.328 bits per heavy atom. The first-order chi connectivity index (χ1) is 31.7. The Labute approximate surface area is 378 Å². The molecule has 0 saturated carbocycles. The summed E-state index contributed by atoms with van der Waals surface area (Å²) in [5, 5.41) is 7.25. The molecule has 0 spiro atoms. The van der Waals surface area contributed by atoms with Crippen LogP contribution in [-0.4, -0.2) is 0 Å². The molecule has 0 atom stereocenters. The van der Waals surface area contributed by atoms with Gasteiger partial charge in [0.2, 0.25) is 0 Å². The van der Waals surface area contributed by atoms with E-state index in [1.165, 1.54) is 62.6 Å². The van der Waals surface area contributed by atoms with Crippen LogP contribution in [0.25, 0.3) is 107 Å². The highest BCUT2D eigenvalue weighted by atomic mass is 32.1. The molecule has 2 nitrogen and oxygen atoms in total. The van der Waals surface area contributed by atoms with Crippen LogP contribution >= 0.6 is 22.7 Å². The molecule has 0 aliphatic heterocycles. The zero-order valence-corrected chi connectivity index (χ0v) is 36.2. The van der Waals surface area contributed by atoms with Crippen molar-refractivity contribution in [3.63, 3.8) is 0 Å². The Bertz CT molecular complexity index is 3890. The van der Waals surface area contributed by atoms with E-state index in [1.54, 1.807) is 0 Å². The second-order valence-corrected chi connectivity index (χ2v) is 18.5. The van der Waals surface area contributed by atoms with Crippen LogP contribution < -0.4 is 4.90 Å². The Morgan fingerprint density at radius 3 is 1.64 bits per heavy atom.